The second-order valence-electron chi connectivity index (χ2n) is 4.11. The molecule has 2 rings (SSSR count). The maximum atomic E-state index is 13.4. The van der Waals surface area contributed by atoms with Gasteiger partial charge >= 0.3 is 5.97 Å². The summed E-state index contributed by atoms with van der Waals surface area (Å²) in [4.78, 5) is 10.6. The number of aromatic carboxylic acids is 1. The highest BCUT2D eigenvalue weighted by Crippen LogP contribution is 2.17. The smallest absolute Gasteiger partial charge is 0.338 e. The lowest BCUT2D eigenvalue weighted by atomic mass is 10.1. The number of halogens is 1. The van der Waals surface area contributed by atoms with Crippen molar-refractivity contribution in [2.24, 2.45) is 5.92 Å². The summed E-state index contributed by atoms with van der Waals surface area (Å²) in [7, 11) is 0. The van der Waals surface area contributed by atoms with Crippen molar-refractivity contribution in [2.45, 2.75) is 6.42 Å². The van der Waals surface area contributed by atoms with Crippen molar-refractivity contribution in [3.05, 3.63) is 29.6 Å². The molecule has 1 aliphatic rings. The first-order chi connectivity index (χ1) is 8.16. The van der Waals surface area contributed by atoms with Gasteiger partial charge in [-0.25, -0.2) is 9.18 Å². The summed E-state index contributed by atoms with van der Waals surface area (Å²) in [5, 5.41) is 11.8. The van der Waals surface area contributed by atoms with Crippen molar-refractivity contribution in [3.8, 4) is 0 Å². The average Bonchev–Trinajstić information content (AvgIpc) is 2.78. The van der Waals surface area contributed by atoms with Crippen molar-refractivity contribution in [2.75, 3.05) is 25.1 Å². The standard InChI is InChI=1S/C12H14FNO3/c13-11-5-9(1-2-10(11)12(15)16)14-6-8-3-4-17-7-8/h1-2,5,8,14H,3-4,6-7H2,(H,15,16). The molecule has 0 radical (unpaired) electrons. The molecular formula is C12H14FNO3. The normalized spacial score (nSPS) is 19.2. The van der Waals surface area contributed by atoms with E-state index < -0.39 is 11.8 Å². The SMILES string of the molecule is O=C(O)c1ccc(NCC2CCOC2)cc1F. The molecule has 1 heterocycles. The van der Waals surface area contributed by atoms with Crippen molar-refractivity contribution < 1.29 is 19.0 Å². The second-order valence-corrected chi connectivity index (χ2v) is 4.11. The number of carboxylic acids is 1. The van der Waals surface area contributed by atoms with E-state index in [1.54, 1.807) is 6.07 Å². The van der Waals surface area contributed by atoms with Crippen LogP contribution in [0, 0.1) is 11.7 Å². The summed E-state index contributed by atoms with van der Waals surface area (Å²) in [5.41, 5.74) is 0.291. The van der Waals surface area contributed by atoms with Gasteiger partial charge in [-0.15, -0.1) is 0 Å². The molecule has 4 nitrogen and oxygen atoms in total. The molecule has 92 valence electrons. The zero-order valence-corrected chi connectivity index (χ0v) is 9.28. The molecule has 1 fully saturated rings. The van der Waals surface area contributed by atoms with Gasteiger partial charge in [0, 0.05) is 24.8 Å². The van der Waals surface area contributed by atoms with E-state index in [4.69, 9.17) is 9.84 Å². The van der Waals surface area contributed by atoms with Crippen LogP contribution in [0.4, 0.5) is 10.1 Å². The highest BCUT2D eigenvalue weighted by molar-refractivity contribution is 5.88. The molecule has 1 saturated heterocycles. The Morgan fingerprint density at radius 3 is 3.00 bits per heavy atom. The molecule has 5 heteroatoms. The van der Waals surface area contributed by atoms with E-state index in [-0.39, 0.29) is 5.56 Å². The monoisotopic (exact) mass is 239 g/mol. The maximum Gasteiger partial charge on any atom is 0.338 e. The number of hydrogen-bond acceptors (Lipinski definition) is 3. The average molecular weight is 239 g/mol. The minimum Gasteiger partial charge on any atom is -0.478 e. The van der Waals surface area contributed by atoms with Crippen LogP contribution in [0.1, 0.15) is 16.8 Å². The van der Waals surface area contributed by atoms with Gasteiger partial charge in [0.05, 0.1) is 12.2 Å². The van der Waals surface area contributed by atoms with Gasteiger partial charge in [-0.3, -0.25) is 0 Å². The summed E-state index contributed by atoms with van der Waals surface area (Å²) >= 11 is 0. The number of carbonyl (C=O) groups is 1. The van der Waals surface area contributed by atoms with E-state index in [9.17, 15) is 9.18 Å². The van der Waals surface area contributed by atoms with Crippen molar-refractivity contribution in [1.82, 2.24) is 0 Å². The molecule has 0 spiro atoms. The Morgan fingerprint density at radius 1 is 1.59 bits per heavy atom. The largest absolute Gasteiger partial charge is 0.478 e. The Balaban J connectivity index is 1.97. The van der Waals surface area contributed by atoms with Crippen LogP contribution in [0.15, 0.2) is 18.2 Å². The fourth-order valence-electron chi connectivity index (χ4n) is 1.81. The van der Waals surface area contributed by atoms with Gasteiger partial charge in [0.2, 0.25) is 0 Å². The van der Waals surface area contributed by atoms with Gasteiger partial charge in [0.25, 0.3) is 0 Å². The van der Waals surface area contributed by atoms with Gasteiger partial charge in [-0.1, -0.05) is 0 Å². The second kappa shape index (κ2) is 5.14. The molecule has 1 atom stereocenters. The van der Waals surface area contributed by atoms with E-state index in [0.29, 0.717) is 18.2 Å². The molecule has 17 heavy (non-hydrogen) atoms. The lowest BCUT2D eigenvalue weighted by molar-refractivity contribution is 0.0692. The van der Waals surface area contributed by atoms with E-state index in [2.05, 4.69) is 5.32 Å². The highest BCUT2D eigenvalue weighted by Gasteiger charge is 2.15. The van der Waals surface area contributed by atoms with Gasteiger partial charge < -0.3 is 15.2 Å². The zero-order chi connectivity index (χ0) is 12.3. The van der Waals surface area contributed by atoms with E-state index in [1.807, 2.05) is 0 Å². The van der Waals surface area contributed by atoms with Gasteiger partial charge in [-0.2, -0.15) is 0 Å². The first kappa shape index (κ1) is 11.9. The predicted octanol–water partition coefficient (Wildman–Crippen LogP) is 1.97. The third-order valence-electron chi connectivity index (χ3n) is 2.82. The van der Waals surface area contributed by atoms with Gasteiger partial charge in [0.1, 0.15) is 5.82 Å². The van der Waals surface area contributed by atoms with Crippen LogP contribution < -0.4 is 5.32 Å². The van der Waals surface area contributed by atoms with Gasteiger partial charge in [0.15, 0.2) is 0 Å². The van der Waals surface area contributed by atoms with E-state index in [0.717, 1.165) is 19.6 Å². The van der Waals surface area contributed by atoms with Gasteiger partial charge in [-0.05, 0) is 24.6 Å². The Bertz CT molecular complexity index is 416. The lowest BCUT2D eigenvalue weighted by Crippen LogP contribution is -2.14. The summed E-state index contributed by atoms with van der Waals surface area (Å²) in [5.74, 6) is -1.53. The third-order valence-corrected chi connectivity index (χ3v) is 2.82. The first-order valence-electron chi connectivity index (χ1n) is 5.51. The molecule has 1 unspecified atom stereocenters. The van der Waals surface area contributed by atoms with Crippen LogP contribution >= 0.6 is 0 Å². The Morgan fingerprint density at radius 2 is 2.41 bits per heavy atom. The molecular weight excluding hydrogens is 225 g/mol. The van der Waals surface area contributed by atoms with E-state index in [1.165, 1.54) is 12.1 Å². The molecule has 1 aromatic rings. The topological polar surface area (TPSA) is 58.6 Å². The number of hydrogen-bond donors (Lipinski definition) is 2. The summed E-state index contributed by atoms with van der Waals surface area (Å²) in [6.07, 6.45) is 1.00. The number of carboxylic acid groups (broad SMARTS) is 1. The molecule has 1 aromatic carbocycles. The minimum absolute atomic E-state index is 0.306. The van der Waals surface area contributed by atoms with Crippen LogP contribution in [0.3, 0.4) is 0 Å². The number of nitrogens with one attached hydrogen (secondary N) is 1. The molecule has 0 saturated carbocycles. The van der Waals surface area contributed by atoms with Crippen LogP contribution in [0.5, 0.6) is 0 Å². The summed E-state index contributed by atoms with van der Waals surface area (Å²) in [6, 6.07) is 4.05. The molecule has 2 N–H and O–H groups in total. The Labute approximate surface area is 98.4 Å². The Hall–Kier alpha value is -1.62. The maximum absolute atomic E-state index is 13.4. The fourth-order valence-corrected chi connectivity index (χ4v) is 1.81. The van der Waals surface area contributed by atoms with Crippen molar-refractivity contribution >= 4 is 11.7 Å². The van der Waals surface area contributed by atoms with Crippen LogP contribution in [-0.4, -0.2) is 30.8 Å². The number of anilines is 1. The summed E-state index contributed by atoms with van der Waals surface area (Å²) in [6.45, 7) is 2.22. The number of rotatable bonds is 4. The number of ether oxygens (including phenoxy) is 1. The molecule has 1 aliphatic heterocycles. The molecule has 0 aromatic heterocycles. The van der Waals surface area contributed by atoms with Crippen LogP contribution in [0.2, 0.25) is 0 Å². The molecule has 0 amide bonds. The minimum atomic E-state index is -1.25. The van der Waals surface area contributed by atoms with Crippen molar-refractivity contribution in [1.29, 1.82) is 0 Å². The van der Waals surface area contributed by atoms with E-state index >= 15 is 0 Å². The number of benzene rings is 1. The predicted molar refractivity (Wildman–Crippen MR) is 60.8 cm³/mol. The fraction of sp³-hybridized carbons (Fsp3) is 0.417. The molecule has 0 aliphatic carbocycles. The summed E-state index contributed by atoms with van der Waals surface area (Å²) < 4.78 is 18.6. The lowest BCUT2D eigenvalue weighted by Gasteiger charge is -2.11. The van der Waals surface area contributed by atoms with Crippen LogP contribution in [0.25, 0.3) is 0 Å². The first-order valence-corrected chi connectivity index (χ1v) is 5.51. The zero-order valence-electron chi connectivity index (χ0n) is 9.28. The van der Waals surface area contributed by atoms with Crippen LogP contribution in [-0.2, 0) is 4.74 Å². The third kappa shape index (κ3) is 2.94. The van der Waals surface area contributed by atoms with Crippen molar-refractivity contribution in [3.63, 3.8) is 0 Å². The Kier molecular flexibility index (Phi) is 3.58. The quantitative estimate of drug-likeness (QED) is 0.843. The highest BCUT2D eigenvalue weighted by atomic mass is 19.1. The molecule has 0 bridgehead atoms.